The van der Waals surface area contributed by atoms with Crippen LogP contribution in [0.3, 0.4) is 0 Å². The maximum Gasteiger partial charge on any atom is 0.410 e. The molecule has 92 valence electrons. The largest absolute Gasteiger partial charge is 0.450 e. The van der Waals surface area contributed by atoms with Crippen molar-refractivity contribution in [2.45, 2.75) is 32.9 Å². The molecule has 2 atom stereocenters. The summed E-state index contributed by atoms with van der Waals surface area (Å²) < 4.78 is 5.04. The van der Waals surface area contributed by atoms with E-state index in [1.165, 1.54) is 0 Å². The molecule has 1 saturated heterocycles. The molecule has 1 heterocycles. The molecule has 0 N–H and O–H groups in total. The highest BCUT2D eigenvalue weighted by atomic mass is 16.6. The first-order chi connectivity index (χ1) is 7.60. The summed E-state index contributed by atoms with van der Waals surface area (Å²) in [5.74, 6) is 0. The zero-order valence-electron chi connectivity index (χ0n) is 10.5. The van der Waals surface area contributed by atoms with E-state index in [4.69, 9.17) is 4.74 Å². The molecule has 0 aromatic carbocycles. The van der Waals surface area contributed by atoms with E-state index in [-0.39, 0.29) is 12.1 Å². The van der Waals surface area contributed by atoms with Crippen LogP contribution in [-0.4, -0.2) is 54.2 Å². The lowest BCUT2D eigenvalue weighted by Gasteiger charge is -2.43. The van der Waals surface area contributed by atoms with Crippen molar-refractivity contribution in [1.29, 1.82) is 0 Å². The summed E-state index contributed by atoms with van der Waals surface area (Å²) >= 11 is 0. The van der Waals surface area contributed by atoms with Crippen LogP contribution in [0, 0.1) is 0 Å². The fourth-order valence-corrected chi connectivity index (χ4v) is 2.08. The Labute approximate surface area is 97.9 Å². The van der Waals surface area contributed by atoms with Gasteiger partial charge in [0.05, 0.1) is 6.61 Å². The van der Waals surface area contributed by atoms with Gasteiger partial charge in [0.25, 0.3) is 0 Å². The lowest BCUT2D eigenvalue weighted by Crippen LogP contribution is -2.58. The lowest BCUT2D eigenvalue weighted by atomic mass is 10.1. The van der Waals surface area contributed by atoms with E-state index in [9.17, 15) is 4.79 Å². The van der Waals surface area contributed by atoms with Crippen molar-refractivity contribution >= 4 is 6.09 Å². The van der Waals surface area contributed by atoms with Crippen molar-refractivity contribution in [3.8, 4) is 0 Å². The zero-order chi connectivity index (χ0) is 12.1. The second-order valence-electron chi connectivity index (χ2n) is 4.29. The van der Waals surface area contributed by atoms with Gasteiger partial charge in [0.1, 0.15) is 0 Å². The highest BCUT2D eigenvalue weighted by Gasteiger charge is 2.31. The van der Waals surface area contributed by atoms with Gasteiger partial charge in [0.2, 0.25) is 0 Å². The normalized spacial score (nSPS) is 26.6. The number of rotatable bonds is 3. The number of piperazine rings is 1. The Bertz CT molecular complexity index is 255. The quantitative estimate of drug-likeness (QED) is 0.687. The van der Waals surface area contributed by atoms with Gasteiger partial charge in [-0.3, -0.25) is 4.90 Å². The van der Waals surface area contributed by atoms with E-state index in [1.807, 2.05) is 17.9 Å². The second kappa shape index (κ2) is 5.89. The van der Waals surface area contributed by atoms with Gasteiger partial charge in [0, 0.05) is 31.7 Å². The van der Waals surface area contributed by atoms with Crippen molar-refractivity contribution in [3.05, 3.63) is 12.7 Å². The Balaban J connectivity index is 2.58. The number of nitrogens with zero attached hydrogens (tertiary/aromatic N) is 2. The monoisotopic (exact) mass is 226 g/mol. The topological polar surface area (TPSA) is 32.8 Å². The number of ether oxygens (including phenoxy) is 1. The molecule has 0 saturated carbocycles. The lowest BCUT2D eigenvalue weighted by molar-refractivity contribution is 0.0349. The smallest absolute Gasteiger partial charge is 0.410 e. The van der Waals surface area contributed by atoms with Crippen molar-refractivity contribution < 1.29 is 9.53 Å². The van der Waals surface area contributed by atoms with Gasteiger partial charge in [-0.1, -0.05) is 6.08 Å². The minimum atomic E-state index is -0.194. The molecular formula is C12H22N2O2. The highest BCUT2D eigenvalue weighted by molar-refractivity contribution is 5.68. The summed E-state index contributed by atoms with van der Waals surface area (Å²) in [6, 6.07) is 0.564. The second-order valence-corrected chi connectivity index (χ2v) is 4.29. The molecule has 0 aliphatic carbocycles. The fraction of sp³-hybridized carbons (Fsp3) is 0.750. The molecule has 0 spiro atoms. The number of hydrogen-bond acceptors (Lipinski definition) is 3. The number of carbonyl (C=O) groups excluding carboxylic acids is 1. The minimum absolute atomic E-state index is 0.194. The van der Waals surface area contributed by atoms with E-state index in [2.05, 4.69) is 25.3 Å². The summed E-state index contributed by atoms with van der Waals surface area (Å²) in [6.07, 6.45) is 1.71. The van der Waals surface area contributed by atoms with Gasteiger partial charge in [-0.25, -0.2) is 4.79 Å². The van der Waals surface area contributed by atoms with Gasteiger partial charge in [-0.2, -0.15) is 0 Å². The number of hydrogen-bond donors (Lipinski definition) is 0. The molecule has 0 aromatic heterocycles. The molecule has 0 radical (unpaired) electrons. The maximum absolute atomic E-state index is 11.7. The summed E-state index contributed by atoms with van der Waals surface area (Å²) in [5, 5.41) is 0. The minimum Gasteiger partial charge on any atom is -0.450 e. The summed E-state index contributed by atoms with van der Waals surface area (Å²) in [5.41, 5.74) is 0. The Kier molecular flexibility index (Phi) is 4.80. The molecule has 0 bridgehead atoms. The van der Waals surface area contributed by atoms with Crippen molar-refractivity contribution in [3.63, 3.8) is 0 Å². The first kappa shape index (κ1) is 13.0. The van der Waals surface area contributed by atoms with Crippen molar-refractivity contribution in [1.82, 2.24) is 9.80 Å². The average Bonchev–Trinajstić information content (AvgIpc) is 2.23. The molecule has 1 aliphatic rings. The Hall–Kier alpha value is -1.03. The van der Waals surface area contributed by atoms with Gasteiger partial charge < -0.3 is 9.64 Å². The van der Waals surface area contributed by atoms with Crippen LogP contribution in [-0.2, 0) is 4.74 Å². The average molecular weight is 226 g/mol. The Morgan fingerprint density at radius 2 is 2.12 bits per heavy atom. The molecule has 1 fully saturated rings. The Morgan fingerprint density at radius 1 is 1.44 bits per heavy atom. The molecule has 1 aliphatic heterocycles. The number of carbonyl (C=O) groups is 1. The molecule has 4 nitrogen and oxygen atoms in total. The van der Waals surface area contributed by atoms with E-state index >= 15 is 0 Å². The summed E-state index contributed by atoms with van der Waals surface area (Å²) in [4.78, 5) is 15.8. The molecule has 16 heavy (non-hydrogen) atoms. The molecule has 1 rings (SSSR count). The predicted molar refractivity (Wildman–Crippen MR) is 64.4 cm³/mol. The van der Waals surface area contributed by atoms with E-state index < -0.39 is 0 Å². The van der Waals surface area contributed by atoms with Crippen LogP contribution in [0.4, 0.5) is 4.79 Å². The first-order valence-electron chi connectivity index (χ1n) is 5.88. The van der Waals surface area contributed by atoms with Gasteiger partial charge in [0.15, 0.2) is 0 Å². The third kappa shape index (κ3) is 2.98. The summed E-state index contributed by atoms with van der Waals surface area (Å²) in [7, 11) is 0. The van der Waals surface area contributed by atoms with Crippen LogP contribution in [0.15, 0.2) is 12.7 Å². The van der Waals surface area contributed by atoms with Crippen LogP contribution < -0.4 is 0 Å². The van der Waals surface area contributed by atoms with Crippen LogP contribution in [0.1, 0.15) is 20.8 Å². The third-order valence-corrected chi connectivity index (χ3v) is 2.98. The van der Waals surface area contributed by atoms with Gasteiger partial charge >= 0.3 is 6.09 Å². The van der Waals surface area contributed by atoms with Crippen LogP contribution >= 0.6 is 0 Å². The van der Waals surface area contributed by atoms with Crippen LogP contribution in [0.25, 0.3) is 0 Å². The SMILES string of the molecule is C=CCN1C[C@H](C)N(C(=O)OCC)C[C@H]1C. The van der Waals surface area contributed by atoms with E-state index in [0.717, 1.165) is 19.6 Å². The molecular weight excluding hydrogens is 204 g/mol. The maximum atomic E-state index is 11.7. The zero-order valence-corrected chi connectivity index (χ0v) is 10.5. The standard InChI is InChI=1S/C12H22N2O2/c1-5-7-13-8-11(4)14(9-10(13)3)12(15)16-6-2/h5,10-11H,1,6-9H2,2-4H3/t10-,11+/m1/s1. The summed E-state index contributed by atoms with van der Waals surface area (Å²) in [6.45, 7) is 12.7. The fourth-order valence-electron chi connectivity index (χ4n) is 2.08. The van der Waals surface area contributed by atoms with Crippen LogP contribution in [0.5, 0.6) is 0 Å². The predicted octanol–water partition coefficient (Wildman–Crippen LogP) is 1.72. The highest BCUT2D eigenvalue weighted by Crippen LogP contribution is 2.15. The van der Waals surface area contributed by atoms with Crippen LogP contribution in [0.2, 0.25) is 0 Å². The number of amides is 1. The molecule has 1 amide bonds. The third-order valence-electron chi connectivity index (χ3n) is 2.98. The molecule has 4 heteroatoms. The van der Waals surface area contributed by atoms with E-state index in [0.29, 0.717) is 12.6 Å². The Morgan fingerprint density at radius 3 is 2.69 bits per heavy atom. The van der Waals surface area contributed by atoms with E-state index in [1.54, 1.807) is 0 Å². The van der Waals surface area contributed by atoms with Gasteiger partial charge in [-0.05, 0) is 20.8 Å². The van der Waals surface area contributed by atoms with Crippen molar-refractivity contribution in [2.24, 2.45) is 0 Å². The van der Waals surface area contributed by atoms with Crippen molar-refractivity contribution in [2.75, 3.05) is 26.2 Å². The molecule has 0 aromatic rings. The van der Waals surface area contributed by atoms with Gasteiger partial charge in [-0.15, -0.1) is 6.58 Å². The first-order valence-corrected chi connectivity index (χ1v) is 5.88. The molecule has 0 unspecified atom stereocenters.